The largest absolute Gasteiger partial charge is 0.431 e. The summed E-state index contributed by atoms with van der Waals surface area (Å²) < 4.78 is 5.66. The second kappa shape index (κ2) is 8.44. The monoisotopic (exact) mass is 439 g/mol. The van der Waals surface area contributed by atoms with E-state index in [9.17, 15) is 10.1 Å². The first kappa shape index (κ1) is 21.0. The van der Waals surface area contributed by atoms with Crippen molar-refractivity contribution in [2.75, 3.05) is 11.1 Å². The second-order valence-corrected chi connectivity index (χ2v) is 10.4. The van der Waals surface area contributed by atoms with E-state index in [2.05, 4.69) is 37.1 Å². The van der Waals surface area contributed by atoms with Gasteiger partial charge in [-0.15, -0.1) is 11.3 Å². The van der Waals surface area contributed by atoms with Crippen LogP contribution in [0.4, 0.5) is 5.00 Å². The number of rotatable bonds is 6. The number of thioether (sulfide) groups is 1. The lowest BCUT2D eigenvalue weighted by molar-refractivity contribution is -0.113. The van der Waals surface area contributed by atoms with E-state index in [0.29, 0.717) is 27.3 Å². The number of nitrogens with one attached hydrogen (secondary N) is 1. The van der Waals surface area contributed by atoms with Crippen LogP contribution in [0.3, 0.4) is 0 Å². The van der Waals surface area contributed by atoms with Gasteiger partial charge in [0.05, 0.1) is 11.3 Å². The topological polar surface area (TPSA) is 78.9 Å². The number of oxazole rings is 1. The molecule has 0 radical (unpaired) electrons. The predicted molar refractivity (Wildman–Crippen MR) is 122 cm³/mol. The molecule has 0 bridgehead atoms. The van der Waals surface area contributed by atoms with Gasteiger partial charge in [-0.3, -0.25) is 4.79 Å². The highest BCUT2D eigenvalue weighted by molar-refractivity contribution is 7.99. The third-order valence-electron chi connectivity index (χ3n) is 6.25. The second-order valence-electron chi connectivity index (χ2n) is 8.39. The number of hydrogen-bond donors (Lipinski definition) is 1. The first-order valence-corrected chi connectivity index (χ1v) is 12.0. The van der Waals surface area contributed by atoms with Crippen molar-refractivity contribution in [3.8, 4) is 6.07 Å². The summed E-state index contributed by atoms with van der Waals surface area (Å²) in [7, 11) is 0. The number of nitrogens with zero attached hydrogens (tertiary/aromatic N) is 2. The van der Waals surface area contributed by atoms with E-state index in [-0.39, 0.29) is 17.1 Å². The molecular formula is C23H25N3O2S2. The molecule has 1 aliphatic carbocycles. The van der Waals surface area contributed by atoms with Crippen LogP contribution in [0, 0.1) is 22.7 Å². The van der Waals surface area contributed by atoms with Crippen molar-refractivity contribution in [2.24, 2.45) is 11.3 Å². The molecule has 7 heteroatoms. The Morgan fingerprint density at radius 1 is 1.43 bits per heavy atom. The molecule has 0 fully saturated rings. The summed E-state index contributed by atoms with van der Waals surface area (Å²) in [5, 5.41) is 13.8. The lowest BCUT2D eigenvalue weighted by Crippen LogP contribution is -2.28. The van der Waals surface area contributed by atoms with Gasteiger partial charge < -0.3 is 9.73 Å². The predicted octanol–water partition coefficient (Wildman–Crippen LogP) is 6.03. The van der Waals surface area contributed by atoms with Crippen LogP contribution in [-0.4, -0.2) is 16.6 Å². The van der Waals surface area contributed by atoms with Crippen LogP contribution in [0.1, 0.15) is 49.6 Å². The van der Waals surface area contributed by atoms with Gasteiger partial charge in [-0.2, -0.15) is 5.26 Å². The molecule has 1 atom stereocenters. The Morgan fingerprint density at radius 3 is 2.97 bits per heavy atom. The van der Waals surface area contributed by atoms with Crippen LogP contribution in [-0.2, 0) is 17.6 Å². The van der Waals surface area contributed by atoms with E-state index in [1.807, 2.05) is 24.3 Å². The number of carbonyl (C=O) groups excluding carboxylic acids is 1. The zero-order valence-corrected chi connectivity index (χ0v) is 19.1. The van der Waals surface area contributed by atoms with Crippen molar-refractivity contribution >= 4 is 45.1 Å². The normalized spacial score (nSPS) is 16.3. The molecule has 0 aliphatic heterocycles. The van der Waals surface area contributed by atoms with Crippen LogP contribution < -0.4 is 5.32 Å². The zero-order chi connectivity index (χ0) is 21.3. The van der Waals surface area contributed by atoms with E-state index in [4.69, 9.17) is 4.42 Å². The molecule has 1 N–H and O–H groups in total. The highest BCUT2D eigenvalue weighted by Crippen LogP contribution is 2.45. The van der Waals surface area contributed by atoms with Crippen molar-refractivity contribution < 1.29 is 9.21 Å². The molecule has 0 saturated carbocycles. The number of amides is 1. The van der Waals surface area contributed by atoms with Crippen molar-refractivity contribution in [3.63, 3.8) is 0 Å². The molecule has 1 amide bonds. The summed E-state index contributed by atoms with van der Waals surface area (Å²) in [5.74, 6) is 0.646. The fourth-order valence-corrected chi connectivity index (χ4v) is 5.88. The molecule has 30 heavy (non-hydrogen) atoms. The molecule has 0 spiro atoms. The average molecular weight is 440 g/mol. The number of aromatic nitrogens is 1. The fraction of sp³-hybridized carbons (Fsp3) is 0.435. The molecule has 2 heterocycles. The third kappa shape index (κ3) is 4.12. The lowest BCUT2D eigenvalue weighted by Gasteiger charge is -2.36. The maximum atomic E-state index is 12.5. The van der Waals surface area contributed by atoms with Crippen LogP contribution >= 0.6 is 23.1 Å². The van der Waals surface area contributed by atoms with Crippen LogP contribution in [0.15, 0.2) is 33.9 Å². The van der Waals surface area contributed by atoms with Gasteiger partial charge in [0, 0.05) is 4.88 Å². The Labute approximate surface area is 184 Å². The summed E-state index contributed by atoms with van der Waals surface area (Å²) in [4.78, 5) is 18.2. The van der Waals surface area contributed by atoms with Crippen LogP contribution in [0.25, 0.3) is 11.1 Å². The molecule has 3 aromatic rings. The number of hydrogen-bond acceptors (Lipinski definition) is 6. The van der Waals surface area contributed by atoms with E-state index in [1.54, 1.807) is 11.3 Å². The van der Waals surface area contributed by atoms with Gasteiger partial charge in [0.2, 0.25) is 5.91 Å². The number of anilines is 1. The van der Waals surface area contributed by atoms with Gasteiger partial charge in [-0.05, 0) is 48.3 Å². The maximum Gasteiger partial charge on any atom is 0.257 e. The molecule has 0 unspecified atom stereocenters. The van der Waals surface area contributed by atoms with Crippen molar-refractivity contribution in [3.05, 3.63) is 40.3 Å². The minimum Gasteiger partial charge on any atom is -0.431 e. The van der Waals surface area contributed by atoms with Crippen molar-refractivity contribution in [1.29, 1.82) is 5.26 Å². The first-order valence-electron chi connectivity index (χ1n) is 10.2. The number of thiophene rings is 1. The van der Waals surface area contributed by atoms with E-state index >= 15 is 0 Å². The molecule has 1 aliphatic rings. The van der Waals surface area contributed by atoms with Gasteiger partial charge in [0.15, 0.2) is 5.58 Å². The van der Waals surface area contributed by atoms with Gasteiger partial charge >= 0.3 is 0 Å². The Balaban J connectivity index is 1.44. The standard InChI is InChI=1S/C23H25N3O2S2/c1-4-23(2,3)14-9-10-15-16(12-24)21(30-19(15)11-14)26-20(27)13-29-22-25-17-7-5-6-8-18(17)28-22/h5-8,14H,4,9-11,13H2,1-3H3,(H,26,27)/t14-/m1/s1. The molecule has 5 nitrogen and oxygen atoms in total. The lowest BCUT2D eigenvalue weighted by atomic mass is 9.69. The number of benzene rings is 1. The molecular weight excluding hydrogens is 414 g/mol. The third-order valence-corrected chi connectivity index (χ3v) is 8.25. The summed E-state index contributed by atoms with van der Waals surface area (Å²) in [6.45, 7) is 6.89. The van der Waals surface area contributed by atoms with Crippen molar-refractivity contribution in [1.82, 2.24) is 4.98 Å². The van der Waals surface area contributed by atoms with Crippen LogP contribution in [0.5, 0.6) is 0 Å². The summed E-state index contributed by atoms with van der Waals surface area (Å²) in [6, 6.07) is 9.86. The minimum absolute atomic E-state index is 0.150. The maximum absolute atomic E-state index is 12.5. The Bertz CT molecular complexity index is 1090. The Hall–Kier alpha value is -2.30. The molecule has 156 valence electrons. The Kier molecular flexibility index (Phi) is 5.90. The van der Waals surface area contributed by atoms with Crippen molar-refractivity contribution in [2.45, 2.75) is 51.7 Å². The zero-order valence-electron chi connectivity index (χ0n) is 17.4. The SMILES string of the molecule is CCC(C)(C)[C@@H]1CCc2c(sc(NC(=O)CSc3nc4ccccc4o3)c2C#N)C1. The minimum atomic E-state index is -0.150. The first-order chi connectivity index (χ1) is 14.4. The average Bonchev–Trinajstić information content (AvgIpc) is 3.31. The smallest absolute Gasteiger partial charge is 0.257 e. The van der Waals surface area contributed by atoms with Gasteiger partial charge in [-0.1, -0.05) is 51.1 Å². The molecule has 1 aromatic carbocycles. The quantitative estimate of drug-likeness (QED) is 0.474. The molecule has 4 rings (SSSR count). The van der Waals surface area contributed by atoms with E-state index in [0.717, 1.165) is 36.8 Å². The van der Waals surface area contributed by atoms with E-state index in [1.165, 1.54) is 16.6 Å². The number of carbonyl (C=O) groups is 1. The van der Waals surface area contributed by atoms with Gasteiger partial charge in [-0.25, -0.2) is 4.98 Å². The summed E-state index contributed by atoms with van der Waals surface area (Å²) in [6.07, 6.45) is 4.14. The van der Waals surface area contributed by atoms with Crippen LogP contribution in [0.2, 0.25) is 0 Å². The van der Waals surface area contributed by atoms with Gasteiger partial charge in [0.1, 0.15) is 16.6 Å². The highest BCUT2D eigenvalue weighted by atomic mass is 32.2. The summed E-state index contributed by atoms with van der Waals surface area (Å²) >= 11 is 2.83. The highest BCUT2D eigenvalue weighted by Gasteiger charge is 2.34. The molecule has 0 saturated heterocycles. The number of nitriles is 1. The number of para-hydroxylation sites is 2. The fourth-order valence-electron chi connectivity index (χ4n) is 3.95. The molecule has 2 aromatic heterocycles. The Morgan fingerprint density at radius 2 is 2.23 bits per heavy atom. The van der Waals surface area contributed by atoms with E-state index < -0.39 is 0 Å². The summed E-state index contributed by atoms with van der Waals surface area (Å²) in [5.41, 5.74) is 3.55. The number of fused-ring (bicyclic) bond motifs is 2. The van der Waals surface area contributed by atoms with Gasteiger partial charge in [0.25, 0.3) is 5.22 Å².